The molecule has 2 heterocycles. The van der Waals surface area contributed by atoms with E-state index in [0.29, 0.717) is 51.6 Å². The second kappa shape index (κ2) is 9.88. The predicted molar refractivity (Wildman–Crippen MR) is 120 cm³/mol. The number of carbonyl (C=O) groups is 1. The van der Waals surface area contributed by atoms with Crippen molar-refractivity contribution in [1.82, 2.24) is 19.7 Å². The van der Waals surface area contributed by atoms with Crippen LogP contribution in [0.2, 0.25) is 5.02 Å². The first-order valence-corrected chi connectivity index (χ1v) is 10.6. The van der Waals surface area contributed by atoms with Crippen molar-refractivity contribution in [1.29, 1.82) is 0 Å². The van der Waals surface area contributed by atoms with E-state index in [0.717, 1.165) is 11.5 Å². The highest BCUT2D eigenvalue weighted by atomic mass is 35.5. The Bertz CT molecular complexity index is 1120. The molecule has 0 unspecified atom stereocenters. The van der Waals surface area contributed by atoms with Gasteiger partial charge < -0.3 is 9.47 Å². The lowest BCUT2D eigenvalue weighted by Gasteiger charge is -2.12. The Morgan fingerprint density at radius 3 is 3.00 bits per heavy atom. The highest BCUT2D eigenvalue weighted by molar-refractivity contribution is 7.71. The van der Waals surface area contributed by atoms with Crippen molar-refractivity contribution in [2.45, 2.75) is 19.9 Å². The zero-order valence-corrected chi connectivity index (χ0v) is 18.8. The molecule has 30 heavy (non-hydrogen) atoms. The number of methoxy groups -OCH3 is 1. The molecule has 0 saturated carbocycles. The molecular formula is C19H20ClN5O3S2. The van der Waals surface area contributed by atoms with Gasteiger partial charge in [0.2, 0.25) is 0 Å². The van der Waals surface area contributed by atoms with Crippen LogP contribution in [0.3, 0.4) is 0 Å². The van der Waals surface area contributed by atoms with Gasteiger partial charge in [-0.05, 0) is 31.3 Å². The molecule has 2 N–H and O–H groups in total. The minimum Gasteiger partial charge on any atom is -0.493 e. The molecule has 11 heteroatoms. The number of nitrogens with zero attached hydrogens (tertiary/aromatic N) is 3. The number of allylic oxidation sites excluding steroid dienone is 1. The molecule has 0 aliphatic heterocycles. The van der Waals surface area contributed by atoms with Crippen LogP contribution in [0.1, 0.15) is 28.8 Å². The van der Waals surface area contributed by atoms with Crippen molar-refractivity contribution in [3.05, 3.63) is 57.0 Å². The summed E-state index contributed by atoms with van der Waals surface area (Å²) in [5.74, 6) is 1.18. The molecule has 1 amide bonds. The standard InChI is InChI=1S/C19H20ClN5O3S2/c1-4-6-25-15(23-24-19(25)29)9-12-10-30-18(21-12)22-17(26)11-7-13(20)16(28-5-2)14(8-11)27-3/h4,7-8,10H,1,5-6,9H2,2-3H3,(H,24,29)(H,21,22,26). The van der Waals surface area contributed by atoms with E-state index < -0.39 is 0 Å². The summed E-state index contributed by atoms with van der Waals surface area (Å²) in [5, 5.41) is 12.4. The van der Waals surface area contributed by atoms with Crippen LogP contribution in [0, 0.1) is 4.77 Å². The zero-order chi connectivity index (χ0) is 21.7. The molecule has 3 aromatic rings. The summed E-state index contributed by atoms with van der Waals surface area (Å²) in [5.41, 5.74) is 1.10. The van der Waals surface area contributed by atoms with Gasteiger partial charge in [0.25, 0.3) is 5.91 Å². The fourth-order valence-corrected chi connectivity index (χ4v) is 3.91. The number of hydrogen-bond acceptors (Lipinski definition) is 7. The molecule has 158 valence electrons. The molecule has 0 saturated heterocycles. The van der Waals surface area contributed by atoms with Crippen LogP contribution in [0.4, 0.5) is 5.13 Å². The Hall–Kier alpha value is -2.69. The lowest BCUT2D eigenvalue weighted by Crippen LogP contribution is -2.12. The summed E-state index contributed by atoms with van der Waals surface area (Å²) in [6.45, 7) is 6.55. The van der Waals surface area contributed by atoms with Crippen molar-refractivity contribution < 1.29 is 14.3 Å². The van der Waals surface area contributed by atoms with E-state index in [1.54, 1.807) is 12.1 Å². The number of H-pyrrole nitrogens is 1. The van der Waals surface area contributed by atoms with Crippen LogP contribution in [-0.4, -0.2) is 39.4 Å². The van der Waals surface area contributed by atoms with E-state index in [1.165, 1.54) is 24.5 Å². The maximum Gasteiger partial charge on any atom is 0.257 e. The molecule has 2 aromatic heterocycles. The summed E-state index contributed by atoms with van der Waals surface area (Å²) >= 11 is 12.8. The Morgan fingerprint density at radius 1 is 1.50 bits per heavy atom. The van der Waals surface area contributed by atoms with Gasteiger partial charge in [0.1, 0.15) is 5.82 Å². The van der Waals surface area contributed by atoms with Gasteiger partial charge >= 0.3 is 0 Å². The predicted octanol–water partition coefficient (Wildman–Crippen LogP) is 4.49. The van der Waals surface area contributed by atoms with Crippen molar-refractivity contribution in [3.63, 3.8) is 0 Å². The molecule has 1 aromatic carbocycles. The van der Waals surface area contributed by atoms with Crippen LogP contribution >= 0.6 is 35.2 Å². The maximum absolute atomic E-state index is 12.7. The number of thiazole rings is 1. The minimum atomic E-state index is -0.353. The SMILES string of the molecule is C=CCn1c(Cc2csc(NC(=O)c3cc(Cl)c(OCC)c(OC)c3)n2)n[nH]c1=S. The summed E-state index contributed by atoms with van der Waals surface area (Å²) < 4.78 is 13.1. The van der Waals surface area contributed by atoms with E-state index in [9.17, 15) is 4.79 Å². The van der Waals surface area contributed by atoms with Crippen LogP contribution < -0.4 is 14.8 Å². The van der Waals surface area contributed by atoms with Gasteiger partial charge in [-0.1, -0.05) is 17.7 Å². The van der Waals surface area contributed by atoms with Gasteiger partial charge in [0, 0.05) is 17.5 Å². The number of halogens is 1. The molecule has 0 spiro atoms. The second-order valence-electron chi connectivity index (χ2n) is 6.04. The topological polar surface area (TPSA) is 94.1 Å². The largest absolute Gasteiger partial charge is 0.493 e. The minimum absolute atomic E-state index is 0.297. The van der Waals surface area contributed by atoms with Gasteiger partial charge in [-0.25, -0.2) is 4.98 Å². The smallest absolute Gasteiger partial charge is 0.257 e. The van der Waals surface area contributed by atoms with Crippen LogP contribution in [0.5, 0.6) is 11.5 Å². The van der Waals surface area contributed by atoms with E-state index in [-0.39, 0.29) is 5.91 Å². The number of carbonyl (C=O) groups excluding carboxylic acids is 1. The van der Waals surface area contributed by atoms with Gasteiger partial charge in [0.05, 0.1) is 30.9 Å². The molecule has 8 nitrogen and oxygen atoms in total. The molecule has 0 radical (unpaired) electrons. The van der Waals surface area contributed by atoms with Gasteiger partial charge in [-0.15, -0.1) is 17.9 Å². The zero-order valence-electron chi connectivity index (χ0n) is 16.4. The van der Waals surface area contributed by atoms with Crippen molar-refractivity contribution in [3.8, 4) is 11.5 Å². The first-order valence-electron chi connectivity index (χ1n) is 8.97. The number of hydrogen-bond donors (Lipinski definition) is 2. The Labute approximate surface area is 187 Å². The third-order valence-electron chi connectivity index (χ3n) is 4.04. The quantitative estimate of drug-likeness (QED) is 0.357. The molecular weight excluding hydrogens is 446 g/mol. The second-order valence-corrected chi connectivity index (χ2v) is 7.69. The first-order chi connectivity index (χ1) is 14.5. The Morgan fingerprint density at radius 2 is 2.30 bits per heavy atom. The monoisotopic (exact) mass is 465 g/mol. The lowest BCUT2D eigenvalue weighted by atomic mass is 10.2. The van der Waals surface area contributed by atoms with Crippen LogP contribution in [0.25, 0.3) is 0 Å². The molecule has 3 rings (SSSR count). The number of aromatic nitrogens is 4. The number of benzene rings is 1. The highest BCUT2D eigenvalue weighted by Gasteiger charge is 2.17. The highest BCUT2D eigenvalue weighted by Crippen LogP contribution is 2.36. The number of ether oxygens (including phenoxy) is 2. The van der Waals surface area contributed by atoms with Gasteiger partial charge in [0.15, 0.2) is 21.4 Å². The third kappa shape index (κ3) is 4.89. The van der Waals surface area contributed by atoms with E-state index >= 15 is 0 Å². The van der Waals surface area contributed by atoms with Crippen LogP contribution in [0.15, 0.2) is 30.2 Å². The fraction of sp³-hybridized carbons (Fsp3) is 0.263. The average molecular weight is 466 g/mol. The number of anilines is 1. The van der Waals surface area contributed by atoms with E-state index in [1.807, 2.05) is 16.9 Å². The normalized spacial score (nSPS) is 10.6. The summed E-state index contributed by atoms with van der Waals surface area (Å²) in [6, 6.07) is 3.11. The number of amides is 1. The molecule has 0 bridgehead atoms. The number of rotatable bonds is 9. The Kier molecular flexibility index (Phi) is 7.24. The lowest BCUT2D eigenvalue weighted by molar-refractivity contribution is 0.102. The van der Waals surface area contributed by atoms with Crippen molar-refractivity contribution in [2.24, 2.45) is 0 Å². The fourth-order valence-electron chi connectivity index (χ4n) is 2.71. The third-order valence-corrected chi connectivity index (χ3v) is 5.44. The van der Waals surface area contributed by atoms with E-state index in [4.69, 9.17) is 33.3 Å². The van der Waals surface area contributed by atoms with Crippen molar-refractivity contribution in [2.75, 3.05) is 19.0 Å². The number of aromatic amines is 1. The molecule has 0 aliphatic rings. The molecule has 0 atom stereocenters. The van der Waals surface area contributed by atoms with Crippen molar-refractivity contribution >= 4 is 46.2 Å². The van der Waals surface area contributed by atoms with E-state index in [2.05, 4.69) is 27.1 Å². The molecule has 0 fully saturated rings. The Balaban J connectivity index is 1.75. The van der Waals surface area contributed by atoms with Gasteiger partial charge in [-0.3, -0.25) is 19.8 Å². The molecule has 0 aliphatic carbocycles. The summed E-state index contributed by atoms with van der Waals surface area (Å²) in [6.07, 6.45) is 2.22. The van der Waals surface area contributed by atoms with Crippen LogP contribution in [-0.2, 0) is 13.0 Å². The number of nitrogens with one attached hydrogen (secondary N) is 2. The average Bonchev–Trinajstić information content (AvgIpc) is 3.31. The summed E-state index contributed by atoms with van der Waals surface area (Å²) in [7, 11) is 1.49. The first kappa shape index (κ1) is 22.0. The van der Waals surface area contributed by atoms with Gasteiger partial charge in [-0.2, -0.15) is 5.10 Å². The maximum atomic E-state index is 12.7. The summed E-state index contributed by atoms with van der Waals surface area (Å²) in [4.78, 5) is 17.1.